The summed E-state index contributed by atoms with van der Waals surface area (Å²) >= 11 is 0. The van der Waals surface area contributed by atoms with Crippen molar-refractivity contribution in [2.24, 2.45) is 0 Å². The van der Waals surface area contributed by atoms with E-state index in [0.29, 0.717) is 0 Å². The molecule has 0 aliphatic heterocycles. The summed E-state index contributed by atoms with van der Waals surface area (Å²) in [7, 11) is 0. The third-order valence-corrected chi connectivity index (χ3v) is 3.97. The molecule has 0 bridgehead atoms. The first-order chi connectivity index (χ1) is 11.2. The summed E-state index contributed by atoms with van der Waals surface area (Å²) in [6.07, 6.45) is 2.03. The predicted octanol–water partition coefficient (Wildman–Crippen LogP) is 5.66. The Morgan fingerprint density at radius 3 is 2.22 bits per heavy atom. The molecule has 0 saturated carbocycles. The second-order valence-electron chi connectivity index (χ2n) is 5.77. The van der Waals surface area contributed by atoms with E-state index in [4.69, 9.17) is 0 Å². The minimum Gasteiger partial charge on any atom is -0.355 e. The second-order valence-corrected chi connectivity index (χ2v) is 5.77. The van der Waals surface area contributed by atoms with Gasteiger partial charge in [0.1, 0.15) is 5.82 Å². The molecule has 1 nitrogen and oxygen atoms in total. The molecule has 0 aliphatic rings. The molecule has 0 amide bonds. The molecule has 0 aromatic heterocycles. The van der Waals surface area contributed by atoms with Crippen LogP contribution in [0.2, 0.25) is 0 Å². The number of nitrogens with one attached hydrogen (secondary N) is 1. The van der Waals surface area contributed by atoms with Crippen LogP contribution in [0.15, 0.2) is 72.8 Å². The maximum atomic E-state index is 13.0. The van der Waals surface area contributed by atoms with Crippen molar-refractivity contribution in [3.05, 3.63) is 95.3 Å². The highest BCUT2D eigenvalue weighted by atomic mass is 19.1. The lowest BCUT2D eigenvalue weighted by molar-refractivity contribution is 0.628. The number of anilines is 2. The smallest absolute Gasteiger partial charge is 0.123 e. The Morgan fingerprint density at radius 1 is 0.783 bits per heavy atom. The highest BCUT2D eigenvalue weighted by molar-refractivity contribution is 5.63. The van der Waals surface area contributed by atoms with Crippen LogP contribution < -0.4 is 5.32 Å². The van der Waals surface area contributed by atoms with Crippen molar-refractivity contribution in [2.45, 2.75) is 19.8 Å². The van der Waals surface area contributed by atoms with Crippen molar-refractivity contribution in [2.75, 3.05) is 5.32 Å². The van der Waals surface area contributed by atoms with Crippen LogP contribution in [0.3, 0.4) is 0 Å². The van der Waals surface area contributed by atoms with E-state index in [1.165, 1.54) is 28.8 Å². The number of aryl methyl sites for hydroxylation is 3. The summed E-state index contributed by atoms with van der Waals surface area (Å²) in [4.78, 5) is 0. The van der Waals surface area contributed by atoms with Gasteiger partial charge in [-0.05, 0) is 66.8 Å². The van der Waals surface area contributed by atoms with Gasteiger partial charge in [0, 0.05) is 11.4 Å². The molecule has 0 radical (unpaired) electrons. The van der Waals surface area contributed by atoms with Gasteiger partial charge in [-0.3, -0.25) is 0 Å². The Bertz CT molecular complexity index is 764. The average Bonchev–Trinajstić information content (AvgIpc) is 2.58. The van der Waals surface area contributed by atoms with Crippen LogP contribution in [0, 0.1) is 12.7 Å². The molecule has 0 aliphatic carbocycles. The van der Waals surface area contributed by atoms with Crippen molar-refractivity contribution in [1.29, 1.82) is 0 Å². The lowest BCUT2D eigenvalue weighted by Crippen LogP contribution is -1.97. The monoisotopic (exact) mass is 305 g/mol. The summed E-state index contributed by atoms with van der Waals surface area (Å²) < 4.78 is 13.0. The molecule has 0 unspecified atom stereocenters. The minimum absolute atomic E-state index is 0.219. The van der Waals surface area contributed by atoms with Crippen LogP contribution in [0.5, 0.6) is 0 Å². The fourth-order valence-corrected chi connectivity index (χ4v) is 2.58. The quantitative estimate of drug-likeness (QED) is 0.641. The first-order valence-corrected chi connectivity index (χ1v) is 7.87. The van der Waals surface area contributed by atoms with Gasteiger partial charge >= 0.3 is 0 Å². The average molecular weight is 305 g/mol. The maximum Gasteiger partial charge on any atom is 0.123 e. The van der Waals surface area contributed by atoms with Gasteiger partial charge in [-0.15, -0.1) is 0 Å². The van der Waals surface area contributed by atoms with Crippen LogP contribution in [0.4, 0.5) is 15.8 Å². The lowest BCUT2D eigenvalue weighted by atomic mass is 10.0. The zero-order valence-corrected chi connectivity index (χ0v) is 13.2. The van der Waals surface area contributed by atoms with Gasteiger partial charge in [-0.1, -0.05) is 42.5 Å². The van der Waals surface area contributed by atoms with Crippen LogP contribution in [0.1, 0.15) is 16.7 Å². The summed E-state index contributed by atoms with van der Waals surface area (Å²) in [6, 6.07) is 23.4. The molecule has 3 rings (SSSR count). The first kappa shape index (κ1) is 15.3. The Labute approximate surface area is 136 Å². The van der Waals surface area contributed by atoms with E-state index in [1.54, 1.807) is 12.1 Å². The van der Waals surface area contributed by atoms with Gasteiger partial charge in [-0.2, -0.15) is 0 Å². The molecule has 0 spiro atoms. The topological polar surface area (TPSA) is 12.0 Å². The van der Waals surface area contributed by atoms with Gasteiger partial charge in [0.25, 0.3) is 0 Å². The van der Waals surface area contributed by atoms with Crippen molar-refractivity contribution in [1.82, 2.24) is 0 Å². The fraction of sp³-hybridized carbons (Fsp3) is 0.143. The van der Waals surface area contributed by atoms with Gasteiger partial charge in [0.2, 0.25) is 0 Å². The summed E-state index contributed by atoms with van der Waals surface area (Å²) in [5.74, 6) is -0.219. The number of hydrogen-bond acceptors (Lipinski definition) is 1. The molecule has 116 valence electrons. The molecule has 0 saturated heterocycles. The van der Waals surface area contributed by atoms with E-state index in [0.717, 1.165) is 24.2 Å². The highest BCUT2D eigenvalue weighted by Gasteiger charge is 2.03. The van der Waals surface area contributed by atoms with E-state index in [-0.39, 0.29) is 5.82 Å². The third-order valence-electron chi connectivity index (χ3n) is 3.97. The van der Waals surface area contributed by atoms with Crippen molar-refractivity contribution in [3.63, 3.8) is 0 Å². The molecule has 3 aromatic rings. The molecular formula is C21H20FN. The Kier molecular flexibility index (Phi) is 4.72. The molecule has 1 N–H and O–H groups in total. The Hall–Kier alpha value is -2.61. The van der Waals surface area contributed by atoms with Crippen LogP contribution in [0.25, 0.3) is 0 Å². The van der Waals surface area contributed by atoms with E-state index in [2.05, 4.69) is 54.7 Å². The normalized spacial score (nSPS) is 10.5. The molecular weight excluding hydrogens is 285 g/mol. The molecule has 2 heteroatoms. The zero-order valence-electron chi connectivity index (χ0n) is 13.2. The Morgan fingerprint density at radius 2 is 1.48 bits per heavy atom. The van der Waals surface area contributed by atoms with Gasteiger partial charge in [0.15, 0.2) is 0 Å². The summed E-state index contributed by atoms with van der Waals surface area (Å²) in [6.45, 7) is 2.08. The second kappa shape index (κ2) is 7.10. The molecule has 23 heavy (non-hydrogen) atoms. The number of hydrogen-bond donors (Lipinski definition) is 1. The fourth-order valence-electron chi connectivity index (χ4n) is 2.58. The third kappa shape index (κ3) is 4.19. The molecule has 0 heterocycles. The maximum absolute atomic E-state index is 13.0. The SMILES string of the molecule is Cc1ccc(CCc2ccccc2)cc1Nc1ccc(F)cc1. The van der Waals surface area contributed by atoms with Gasteiger partial charge < -0.3 is 5.32 Å². The lowest BCUT2D eigenvalue weighted by Gasteiger charge is -2.12. The predicted molar refractivity (Wildman–Crippen MR) is 94.7 cm³/mol. The van der Waals surface area contributed by atoms with E-state index < -0.39 is 0 Å². The van der Waals surface area contributed by atoms with Crippen LogP contribution >= 0.6 is 0 Å². The minimum atomic E-state index is -0.219. The zero-order chi connectivity index (χ0) is 16.1. The van der Waals surface area contributed by atoms with Gasteiger partial charge in [0.05, 0.1) is 0 Å². The number of rotatable bonds is 5. The molecule has 0 fully saturated rings. The van der Waals surface area contributed by atoms with E-state index >= 15 is 0 Å². The number of benzene rings is 3. The number of halogens is 1. The molecule has 0 atom stereocenters. The highest BCUT2D eigenvalue weighted by Crippen LogP contribution is 2.23. The van der Waals surface area contributed by atoms with Gasteiger partial charge in [-0.25, -0.2) is 4.39 Å². The largest absolute Gasteiger partial charge is 0.355 e. The van der Waals surface area contributed by atoms with Crippen LogP contribution in [-0.4, -0.2) is 0 Å². The standard InChI is InChI=1S/C21H20FN/c1-16-7-8-18(10-9-17-5-3-2-4-6-17)15-21(16)23-20-13-11-19(22)12-14-20/h2-8,11-15,23H,9-10H2,1H3. The summed E-state index contributed by atoms with van der Waals surface area (Å²) in [5, 5.41) is 3.37. The van der Waals surface area contributed by atoms with Crippen molar-refractivity contribution < 1.29 is 4.39 Å². The van der Waals surface area contributed by atoms with Crippen molar-refractivity contribution in [3.8, 4) is 0 Å². The van der Waals surface area contributed by atoms with E-state index in [1.807, 2.05) is 6.07 Å². The molecule has 3 aromatic carbocycles. The summed E-state index contributed by atoms with van der Waals surface area (Å²) in [5.41, 5.74) is 5.79. The first-order valence-electron chi connectivity index (χ1n) is 7.87. The Balaban J connectivity index is 1.72. The van der Waals surface area contributed by atoms with Crippen LogP contribution in [-0.2, 0) is 12.8 Å². The van der Waals surface area contributed by atoms with Crippen molar-refractivity contribution >= 4 is 11.4 Å². The van der Waals surface area contributed by atoms with E-state index in [9.17, 15) is 4.39 Å².